The number of aromatic nitrogens is 4. The molecule has 2 bridgehead atoms. The van der Waals surface area contributed by atoms with Crippen molar-refractivity contribution in [3.63, 3.8) is 0 Å². The third-order valence-corrected chi connectivity index (χ3v) is 10.3. The van der Waals surface area contributed by atoms with Crippen molar-refractivity contribution in [3.8, 4) is 23.1 Å². The number of ether oxygens (including phenoxy) is 2. The zero-order chi connectivity index (χ0) is 33.0. The first kappa shape index (κ1) is 30.6. The molecule has 3 N–H and O–H groups in total. The number of rotatable bonds is 5. The summed E-state index contributed by atoms with van der Waals surface area (Å²) in [5.74, 6) is -2.03. The van der Waals surface area contributed by atoms with E-state index in [1.807, 2.05) is 9.80 Å². The van der Waals surface area contributed by atoms with Crippen molar-refractivity contribution in [2.24, 2.45) is 0 Å². The van der Waals surface area contributed by atoms with E-state index in [-0.39, 0.29) is 60.8 Å². The Labute approximate surface area is 263 Å². The van der Waals surface area contributed by atoms with Crippen LogP contribution in [0.15, 0.2) is 6.07 Å². The average Bonchev–Trinajstić information content (AvgIpc) is 3.64. The van der Waals surface area contributed by atoms with Crippen LogP contribution in [-0.4, -0.2) is 87.0 Å². The summed E-state index contributed by atoms with van der Waals surface area (Å²) in [5.41, 5.74) is -0.859. The standard InChI is InChI=1S/C30H31F7N8O2/c1-12-24-16-4-3-14(39-16)10-45(24)26-18-22(42-28(43-26)46-11-29-5-2-6-44(29)9-13(31)8-29)20(32)21(41-27(18)47-12)15-7-17(38)40-23(25(33)34)19(15)30(35,36)37/h7,12-14,16,24-25,39H,2-6,8-11H2,1H3,(H2,38,40)/t12-,13+,14+,16-,24+,29-/m0/s1. The van der Waals surface area contributed by atoms with E-state index >= 15 is 4.39 Å². The van der Waals surface area contributed by atoms with Crippen LogP contribution < -0.4 is 25.4 Å². The summed E-state index contributed by atoms with van der Waals surface area (Å²) in [6, 6.07) is 0.151. The van der Waals surface area contributed by atoms with Crippen LogP contribution in [0.4, 0.5) is 42.4 Å². The molecule has 0 radical (unpaired) electrons. The van der Waals surface area contributed by atoms with Crippen molar-refractivity contribution in [2.75, 3.05) is 36.9 Å². The lowest BCUT2D eigenvalue weighted by molar-refractivity contribution is -0.139. The fourth-order valence-electron chi connectivity index (χ4n) is 8.41. The highest BCUT2D eigenvalue weighted by Gasteiger charge is 2.50. The molecule has 0 aromatic carbocycles. The molecule has 6 atom stereocenters. The van der Waals surface area contributed by atoms with Crippen molar-refractivity contribution in [1.82, 2.24) is 30.2 Å². The molecule has 0 aliphatic carbocycles. The van der Waals surface area contributed by atoms with Crippen molar-refractivity contribution < 1.29 is 40.2 Å². The Morgan fingerprint density at radius 1 is 1.17 bits per heavy atom. The van der Waals surface area contributed by atoms with Crippen LogP contribution in [0.2, 0.25) is 0 Å². The van der Waals surface area contributed by atoms with E-state index in [1.165, 1.54) is 0 Å². The Kier molecular flexibility index (Phi) is 6.92. The topological polar surface area (TPSA) is 115 Å². The number of halogens is 7. The normalized spacial score (nSPS) is 30.1. The Morgan fingerprint density at radius 2 is 1.98 bits per heavy atom. The van der Waals surface area contributed by atoms with Crippen LogP contribution in [0, 0.1) is 5.82 Å². The van der Waals surface area contributed by atoms with Gasteiger partial charge in [-0.25, -0.2) is 27.5 Å². The lowest BCUT2D eigenvalue weighted by atomic mass is 9.95. The average molecular weight is 669 g/mol. The first-order valence-corrected chi connectivity index (χ1v) is 15.6. The number of alkyl halides is 6. The summed E-state index contributed by atoms with van der Waals surface area (Å²) < 4.78 is 114. The van der Waals surface area contributed by atoms with Gasteiger partial charge in [-0.15, -0.1) is 0 Å². The fraction of sp³-hybridized carbons (Fsp3) is 0.600. The Balaban J connectivity index is 1.33. The number of pyridine rings is 2. The number of hydrogen-bond acceptors (Lipinski definition) is 10. The summed E-state index contributed by atoms with van der Waals surface area (Å²) in [7, 11) is 0. The first-order chi connectivity index (χ1) is 22.3. The van der Waals surface area contributed by atoms with Crippen LogP contribution in [0.25, 0.3) is 22.2 Å². The van der Waals surface area contributed by atoms with Gasteiger partial charge in [-0.1, -0.05) is 0 Å². The number of nitrogen functional groups attached to an aromatic ring is 1. The minimum absolute atomic E-state index is 0.0178. The number of anilines is 2. The van der Waals surface area contributed by atoms with E-state index in [1.54, 1.807) is 6.92 Å². The molecule has 8 heterocycles. The minimum Gasteiger partial charge on any atom is -0.472 e. The zero-order valence-electron chi connectivity index (χ0n) is 25.1. The van der Waals surface area contributed by atoms with Gasteiger partial charge in [0.2, 0.25) is 5.88 Å². The molecule has 8 rings (SSSR count). The molecule has 17 heteroatoms. The van der Waals surface area contributed by atoms with Gasteiger partial charge in [0.25, 0.3) is 6.43 Å². The van der Waals surface area contributed by atoms with Crippen molar-refractivity contribution in [1.29, 1.82) is 0 Å². The molecular formula is C30H31F7N8O2. The van der Waals surface area contributed by atoms with Crippen molar-refractivity contribution in [3.05, 3.63) is 23.1 Å². The van der Waals surface area contributed by atoms with Crippen molar-refractivity contribution in [2.45, 2.75) is 87.6 Å². The van der Waals surface area contributed by atoms with Crippen LogP contribution in [0.3, 0.4) is 0 Å². The number of nitrogens with one attached hydrogen (secondary N) is 1. The molecule has 252 valence electrons. The molecule has 5 aliphatic heterocycles. The van der Waals surface area contributed by atoms with Gasteiger partial charge in [0.05, 0.1) is 17.1 Å². The van der Waals surface area contributed by atoms with Gasteiger partial charge >= 0.3 is 12.2 Å². The predicted octanol–water partition coefficient (Wildman–Crippen LogP) is 4.81. The Hall–Kier alpha value is -3.73. The fourth-order valence-corrected chi connectivity index (χ4v) is 8.41. The molecule has 47 heavy (non-hydrogen) atoms. The number of hydrogen-bond donors (Lipinski definition) is 2. The molecule has 5 aliphatic rings. The van der Waals surface area contributed by atoms with E-state index in [9.17, 15) is 26.3 Å². The van der Waals surface area contributed by atoms with Gasteiger partial charge in [-0.05, 0) is 45.2 Å². The zero-order valence-corrected chi connectivity index (χ0v) is 25.1. The van der Waals surface area contributed by atoms with Crippen LogP contribution in [0.1, 0.15) is 56.7 Å². The number of fused-ring (bicyclic) bond motifs is 6. The highest BCUT2D eigenvalue weighted by Crippen LogP contribution is 2.48. The molecule has 3 aromatic heterocycles. The smallest absolute Gasteiger partial charge is 0.419 e. The number of piperazine rings is 1. The van der Waals surface area contributed by atoms with E-state index in [4.69, 9.17) is 20.2 Å². The van der Waals surface area contributed by atoms with Gasteiger partial charge in [-0.2, -0.15) is 23.1 Å². The van der Waals surface area contributed by atoms with E-state index in [2.05, 4.69) is 20.3 Å². The lowest BCUT2D eigenvalue weighted by Crippen LogP contribution is -2.62. The second-order valence-electron chi connectivity index (χ2n) is 13.2. The SMILES string of the molecule is C[C@@H]1Oc2nc(-c3cc(N)nc(C(F)F)c3C(F)(F)F)c(F)c3nc(OC[C@@]45CCCN4C[C@H](F)C5)nc(c23)N2C[C@H]3CC[C@H](N3)[C@@H]12. The van der Waals surface area contributed by atoms with E-state index < -0.39 is 70.1 Å². The van der Waals surface area contributed by atoms with Crippen LogP contribution in [-0.2, 0) is 6.18 Å². The first-order valence-electron chi connectivity index (χ1n) is 15.6. The summed E-state index contributed by atoms with van der Waals surface area (Å²) in [6.07, 6.45) is -7.17. The number of nitrogens with two attached hydrogens (primary N) is 1. The highest BCUT2D eigenvalue weighted by molar-refractivity contribution is 5.97. The molecule has 0 saturated carbocycles. The molecule has 4 fully saturated rings. The van der Waals surface area contributed by atoms with Crippen LogP contribution in [0.5, 0.6) is 11.9 Å². The molecule has 0 amide bonds. The number of nitrogens with zero attached hydrogens (tertiary/aromatic N) is 6. The second-order valence-corrected chi connectivity index (χ2v) is 13.2. The monoisotopic (exact) mass is 668 g/mol. The van der Waals surface area contributed by atoms with Crippen molar-refractivity contribution >= 4 is 22.5 Å². The summed E-state index contributed by atoms with van der Waals surface area (Å²) in [6.45, 7) is 3.25. The maximum Gasteiger partial charge on any atom is 0.419 e. The van der Waals surface area contributed by atoms with Gasteiger partial charge in [0.15, 0.2) is 5.82 Å². The molecule has 10 nitrogen and oxygen atoms in total. The molecular weight excluding hydrogens is 637 g/mol. The lowest BCUT2D eigenvalue weighted by Gasteiger charge is -2.42. The van der Waals surface area contributed by atoms with Gasteiger partial charge in [0, 0.05) is 37.2 Å². The van der Waals surface area contributed by atoms with Gasteiger partial charge in [-0.3, -0.25) is 4.90 Å². The predicted molar refractivity (Wildman–Crippen MR) is 155 cm³/mol. The molecule has 0 spiro atoms. The van der Waals surface area contributed by atoms with Crippen LogP contribution >= 0.6 is 0 Å². The molecule has 4 saturated heterocycles. The Bertz CT molecular complexity index is 1760. The van der Waals surface area contributed by atoms with E-state index in [0.29, 0.717) is 25.6 Å². The van der Waals surface area contributed by atoms with Gasteiger partial charge < -0.3 is 25.4 Å². The Morgan fingerprint density at radius 3 is 2.74 bits per heavy atom. The second kappa shape index (κ2) is 10.6. The maximum absolute atomic E-state index is 16.7. The summed E-state index contributed by atoms with van der Waals surface area (Å²) in [4.78, 5) is 20.5. The summed E-state index contributed by atoms with van der Waals surface area (Å²) in [5, 5.41) is 3.58. The van der Waals surface area contributed by atoms with E-state index in [0.717, 1.165) is 19.3 Å². The summed E-state index contributed by atoms with van der Waals surface area (Å²) >= 11 is 0. The molecule has 3 aromatic rings. The molecule has 0 unspecified atom stereocenters. The quantitative estimate of drug-likeness (QED) is 0.368. The third kappa shape index (κ3) is 4.82. The largest absolute Gasteiger partial charge is 0.472 e. The maximum atomic E-state index is 16.7. The minimum atomic E-state index is -5.37. The third-order valence-electron chi connectivity index (χ3n) is 10.3. The highest BCUT2D eigenvalue weighted by atomic mass is 19.4. The van der Waals surface area contributed by atoms with Gasteiger partial charge in [0.1, 0.15) is 52.8 Å².